The van der Waals surface area contributed by atoms with Gasteiger partial charge in [0.05, 0.1) is 26.2 Å². The Bertz CT molecular complexity index is 609. The summed E-state index contributed by atoms with van der Waals surface area (Å²) in [6, 6.07) is 7.33. The summed E-state index contributed by atoms with van der Waals surface area (Å²) < 4.78 is 15.9. The lowest BCUT2D eigenvalue weighted by Gasteiger charge is -2.10. The highest BCUT2D eigenvalue weighted by molar-refractivity contribution is 9.10. The van der Waals surface area contributed by atoms with E-state index in [-0.39, 0.29) is 5.76 Å². The smallest absolute Gasteiger partial charge is 0.374 e. The van der Waals surface area contributed by atoms with Crippen molar-refractivity contribution in [3.05, 3.63) is 46.3 Å². The average molecular weight is 340 g/mol. The molecule has 0 aliphatic heterocycles. The van der Waals surface area contributed by atoms with Gasteiger partial charge in [-0.3, -0.25) is 0 Å². The van der Waals surface area contributed by atoms with E-state index in [9.17, 15) is 4.79 Å². The molecule has 0 saturated carbocycles. The molecule has 1 N–H and O–H groups in total. The second-order valence-electron chi connectivity index (χ2n) is 3.97. The molecule has 1 aromatic carbocycles. The number of esters is 1. The molecule has 5 nitrogen and oxygen atoms in total. The van der Waals surface area contributed by atoms with Crippen LogP contribution >= 0.6 is 15.9 Å². The number of carbonyl (C=O) groups is 1. The molecule has 0 bridgehead atoms. The normalized spacial score (nSPS) is 10.2. The highest BCUT2D eigenvalue weighted by Crippen LogP contribution is 2.27. The summed E-state index contributed by atoms with van der Waals surface area (Å²) >= 11 is 3.45. The number of hydrogen-bond acceptors (Lipinski definition) is 5. The van der Waals surface area contributed by atoms with Crippen molar-refractivity contribution in [3.8, 4) is 5.75 Å². The molecule has 6 heteroatoms. The second-order valence-corrected chi connectivity index (χ2v) is 4.82. The average Bonchev–Trinajstić information content (AvgIpc) is 2.94. The second kappa shape index (κ2) is 6.47. The van der Waals surface area contributed by atoms with Crippen LogP contribution in [0, 0.1) is 0 Å². The molecule has 1 aromatic heterocycles. The maximum atomic E-state index is 11.5. The Morgan fingerprint density at radius 3 is 2.85 bits per heavy atom. The van der Waals surface area contributed by atoms with Crippen molar-refractivity contribution in [1.82, 2.24) is 0 Å². The molecule has 0 aliphatic carbocycles. The quantitative estimate of drug-likeness (QED) is 0.845. The van der Waals surface area contributed by atoms with Gasteiger partial charge in [0.2, 0.25) is 5.76 Å². The molecule has 0 fully saturated rings. The molecule has 0 spiro atoms. The Morgan fingerprint density at radius 2 is 2.15 bits per heavy atom. The highest BCUT2D eigenvalue weighted by atomic mass is 79.9. The maximum Gasteiger partial charge on any atom is 0.374 e. The Kier molecular flexibility index (Phi) is 4.68. The molecule has 0 aliphatic rings. The van der Waals surface area contributed by atoms with Crippen molar-refractivity contribution < 1.29 is 18.7 Å². The van der Waals surface area contributed by atoms with E-state index in [0.29, 0.717) is 6.54 Å². The molecule has 2 aromatic rings. The third-order valence-electron chi connectivity index (χ3n) is 2.76. The first-order chi connectivity index (χ1) is 9.65. The summed E-state index contributed by atoms with van der Waals surface area (Å²) in [5.74, 6) is 0.464. The number of hydrogen-bond donors (Lipinski definition) is 1. The monoisotopic (exact) mass is 339 g/mol. The third kappa shape index (κ3) is 3.14. The van der Waals surface area contributed by atoms with Crippen LogP contribution in [0.15, 0.2) is 39.4 Å². The lowest BCUT2D eigenvalue weighted by atomic mass is 10.2. The number of furan rings is 1. The van der Waals surface area contributed by atoms with Crippen LogP contribution in [-0.2, 0) is 11.3 Å². The lowest BCUT2D eigenvalue weighted by molar-refractivity contribution is 0.0563. The van der Waals surface area contributed by atoms with E-state index in [0.717, 1.165) is 21.5 Å². The van der Waals surface area contributed by atoms with Gasteiger partial charge in [0.1, 0.15) is 5.75 Å². The number of ether oxygens (including phenoxy) is 2. The number of nitrogens with one attached hydrogen (secondary N) is 1. The minimum atomic E-state index is -0.489. The maximum absolute atomic E-state index is 11.5. The lowest BCUT2D eigenvalue weighted by Crippen LogP contribution is -2.07. The van der Waals surface area contributed by atoms with Gasteiger partial charge in [-0.25, -0.2) is 4.79 Å². The Labute approximate surface area is 125 Å². The van der Waals surface area contributed by atoms with Crippen LogP contribution < -0.4 is 10.1 Å². The van der Waals surface area contributed by atoms with Gasteiger partial charge in [-0.15, -0.1) is 0 Å². The number of benzene rings is 1. The van der Waals surface area contributed by atoms with Crippen LogP contribution in [0.5, 0.6) is 5.75 Å². The standard InChI is InChI=1S/C14H14BrNO4/c1-18-10-3-4-11(15)12(7-10)16-8-9-5-6-20-13(9)14(17)19-2/h3-7,16H,8H2,1-2H3. The molecule has 2 rings (SSSR count). The van der Waals surface area contributed by atoms with Gasteiger partial charge in [0.15, 0.2) is 0 Å². The molecule has 0 atom stereocenters. The van der Waals surface area contributed by atoms with Gasteiger partial charge in [-0.2, -0.15) is 0 Å². The minimum absolute atomic E-state index is 0.207. The van der Waals surface area contributed by atoms with Gasteiger partial charge >= 0.3 is 5.97 Å². The summed E-state index contributed by atoms with van der Waals surface area (Å²) in [4.78, 5) is 11.5. The molecular formula is C14H14BrNO4. The fourth-order valence-electron chi connectivity index (χ4n) is 1.70. The first kappa shape index (κ1) is 14.5. The van der Waals surface area contributed by atoms with Crippen molar-refractivity contribution in [2.24, 2.45) is 0 Å². The van der Waals surface area contributed by atoms with Gasteiger partial charge in [0, 0.05) is 22.6 Å². The van der Waals surface area contributed by atoms with E-state index in [4.69, 9.17) is 9.15 Å². The number of halogens is 1. The molecule has 20 heavy (non-hydrogen) atoms. The summed E-state index contributed by atoms with van der Waals surface area (Å²) in [7, 11) is 2.93. The van der Waals surface area contributed by atoms with E-state index < -0.39 is 5.97 Å². The molecule has 0 saturated heterocycles. The van der Waals surface area contributed by atoms with Gasteiger partial charge in [0.25, 0.3) is 0 Å². The van der Waals surface area contributed by atoms with Crippen LogP contribution in [0.25, 0.3) is 0 Å². The first-order valence-corrected chi connectivity index (χ1v) is 6.67. The topological polar surface area (TPSA) is 60.7 Å². The number of carbonyl (C=O) groups excluding carboxylic acids is 1. The zero-order valence-electron chi connectivity index (χ0n) is 11.1. The number of methoxy groups -OCH3 is 2. The zero-order valence-corrected chi connectivity index (χ0v) is 12.7. The molecule has 106 valence electrons. The van der Waals surface area contributed by atoms with Crippen LogP contribution in [0.4, 0.5) is 5.69 Å². The van der Waals surface area contributed by atoms with E-state index in [1.165, 1.54) is 13.4 Å². The van der Waals surface area contributed by atoms with E-state index >= 15 is 0 Å². The molecular weight excluding hydrogens is 326 g/mol. The summed E-state index contributed by atoms with van der Waals surface area (Å²) in [6.45, 7) is 0.437. The van der Waals surface area contributed by atoms with Crippen LogP contribution in [0.3, 0.4) is 0 Å². The van der Waals surface area contributed by atoms with Crippen molar-refractivity contribution in [1.29, 1.82) is 0 Å². The molecule has 1 heterocycles. The summed E-state index contributed by atoms with van der Waals surface area (Å²) in [5.41, 5.74) is 1.59. The SMILES string of the molecule is COC(=O)c1occc1CNc1cc(OC)ccc1Br. The summed E-state index contributed by atoms with van der Waals surface area (Å²) in [6.07, 6.45) is 1.46. The Balaban J connectivity index is 2.13. The van der Waals surface area contributed by atoms with Crippen molar-refractivity contribution in [2.45, 2.75) is 6.54 Å². The zero-order chi connectivity index (χ0) is 14.5. The Hall–Kier alpha value is -1.95. The predicted octanol–water partition coefficient (Wildman–Crippen LogP) is 3.45. The third-order valence-corrected chi connectivity index (χ3v) is 3.45. The van der Waals surface area contributed by atoms with Crippen LogP contribution in [-0.4, -0.2) is 20.2 Å². The largest absolute Gasteiger partial charge is 0.497 e. The van der Waals surface area contributed by atoms with Crippen molar-refractivity contribution >= 4 is 27.6 Å². The van der Waals surface area contributed by atoms with Crippen molar-refractivity contribution in [2.75, 3.05) is 19.5 Å². The molecule has 0 radical (unpaired) electrons. The fraction of sp³-hybridized carbons (Fsp3) is 0.214. The Morgan fingerprint density at radius 1 is 1.35 bits per heavy atom. The fourth-order valence-corrected chi connectivity index (χ4v) is 2.09. The highest BCUT2D eigenvalue weighted by Gasteiger charge is 2.15. The van der Waals surface area contributed by atoms with Crippen LogP contribution in [0.2, 0.25) is 0 Å². The number of anilines is 1. The van der Waals surface area contributed by atoms with Gasteiger partial charge in [-0.1, -0.05) is 0 Å². The van der Waals surface area contributed by atoms with E-state index in [1.54, 1.807) is 13.2 Å². The predicted molar refractivity (Wildman–Crippen MR) is 78.1 cm³/mol. The molecule has 0 amide bonds. The van der Waals surface area contributed by atoms with Gasteiger partial charge in [-0.05, 0) is 34.1 Å². The van der Waals surface area contributed by atoms with E-state index in [1.807, 2.05) is 18.2 Å². The summed E-state index contributed by atoms with van der Waals surface area (Å²) in [5, 5.41) is 3.21. The van der Waals surface area contributed by atoms with Crippen LogP contribution in [0.1, 0.15) is 16.1 Å². The van der Waals surface area contributed by atoms with E-state index in [2.05, 4.69) is 26.0 Å². The molecule has 0 unspecified atom stereocenters. The number of rotatable bonds is 5. The van der Waals surface area contributed by atoms with Gasteiger partial charge < -0.3 is 19.2 Å². The minimum Gasteiger partial charge on any atom is -0.497 e. The van der Waals surface area contributed by atoms with Crippen molar-refractivity contribution in [3.63, 3.8) is 0 Å². The first-order valence-electron chi connectivity index (χ1n) is 5.87.